The van der Waals surface area contributed by atoms with Gasteiger partial charge in [0.15, 0.2) is 11.5 Å². The van der Waals surface area contributed by atoms with Gasteiger partial charge in [0.25, 0.3) is 5.78 Å². The number of aromatic amines is 1. The molecule has 0 aliphatic rings. The van der Waals surface area contributed by atoms with Crippen LogP contribution in [-0.2, 0) is 6.61 Å². The van der Waals surface area contributed by atoms with Gasteiger partial charge in [0, 0.05) is 6.07 Å². The van der Waals surface area contributed by atoms with E-state index in [1.807, 2.05) is 0 Å². The second kappa shape index (κ2) is 3.41. The first-order valence-electron chi connectivity index (χ1n) is 3.94. The van der Waals surface area contributed by atoms with Crippen LogP contribution >= 0.6 is 12.2 Å². The number of carboxylic acid groups (broad SMARTS) is 1. The lowest BCUT2D eigenvalue weighted by atomic mass is 10.4. The van der Waals surface area contributed by atoms with Gasteiger partial charge in [-0.3, -0.25) is 5.10 Å². The van der Waals surface area contributed by atoms with Crippen molar-refractivity contribution in [1.82, 2.24) is 19.6 Å². The van der Waals surface area contributed by atoms with Crippen molar-refractivity contribution in [3.05, 3.63) is 22.2 Å². The second-order valence-electron chi connectivity index (χ2n) is 2.75. The zero-order chi connectivity index (χ0) is 11.0. The molecule has 0 bridgehead atoms. The minimum atomic E-state index is -1.17. The van der Waals surface area contributed by atoms with E-state index < -0.39 is 5.97 Å². The Hall–Kier alpha value is -1.80. The first kappa shape index (κ1) is 9.74. The molecule has 0 saturated carbocycles. The molecule has 3 N–H and O–H groups in total. The number of aromatic nitrogens is 4. The van der Waals surface area contributed by atoms with Gasteiger partial charge >= 0.3 is 5.97 Å². The average Bonchev–Trinajstić information content (AvgIpc) is 2.61. The van der Waals surface area contributed by atoms with Gasteiger partial charge in [-0.1, -0.05) is 12.2 Å². The van der Waals surface area contributed by atoms with E-state index in [1.165, 1.54) is 10.6 Å². The third-order valence-corrected chi connectivity index (χ3v) is 2.05. The predicted octanol–water partition coefficient (Wildman–Crippen LogP) is -0.0226. The smallest absolute Gasteiger partial charge is 0.354 e. The maximum absolute atomic E-state index is 10.7. The first-order chi connectivity index (χ1) is 7.11. The van der Waals surface area contributed by atoms with E-state index in [2.05, 4.69) is 15.1 Å². The van der Waals surface area contributed by atoms with Crippen LogP contribution in [0.15, 0.2) is 6.07 Å². The second-order valence-corrected chi connectivity index (χ2v) is 3.17. The Labute approximate surface area is 88.0 Å². The molecule has 78 valence electrons. The highest BCUT2D eigenvalue weighted by molar-refractivity contribution is 7.71. The molecule has 0 radical (unpaired) electrons. The average molecular weight is 226 g/mol. The molecule has 2 rings (SSSR count). The third kappa shape index (κ3) is 1.60. The maximum atomic E-state index is 10.7. The highest BCUT2D eigenvalue weighted by Crippen LogP contribution is 2.03. The number of nitrogens with one attached hydrogen (secondary N) is 1. The maximum Gasteiger partial charge on any atom is 0.354 e. The fourth-order valence-electron chi connectivity index (χ4n) is 1.11. The summed E-state index contributed by atoms with van der Waals surface area (Å²) in [5.41, 5.74) is -0.170. The van der Waals surface area contributed by atoms with Gasteiger partial charge in [0.1, 0.15) is 11.2 Å². The van der Waals surface area contributed by atoms with Crippen LogP contribution in [0, 0.1) is 4.64 Å². The van der Waals surface area contributed by atoms with Gasteiger partial charge < -0.3 is 10.2 Å². The molecule has 8 heteroatoms. The van der Waals surface area contributed by atoms with E-state index in [4.69, 9.17) is 22.4 Å². The molecule has 0 unspecified atom stereocenters. The van der Waals surface area contributed by atoms with Gasteiger partial charge in [-0.2, -0.15) is 4.98 Å². The van der Waals surface area contributed by atoms with Crippen LogP contribution in [-0.4, -0.2) is 35.8 Å². The topological polar surface area (TPSA) is 104 Å². The van der Waals surface area contributed by atoms with E-state index in [1.54, 1.807) is 0 Å². The van der Waals surface area contributed by atoms with E-state index in [0.29, 0.717) is 0 Å². The molecule has 2 aromatic heterocycles. The Bertz CT molecular complexity index is 587. The molecule has 0 spiro atoms. The van der Waals surface area contributed by atoms with Crippen molar-refractivity contribution >= 4 is 24.0 Å². The Morgan fingerprint density at radius 2 is 2.33 bits per heavy atom. The molecule has 0 aliphatic heterocycles. The van der Waals surface area contributed by atoms with Crippen molar-refractivity contribution in [1.29, 1.82) is 0 Å². The zero-order valence-corrected chi connectivity index (χ0v) is 8.15. The van der Waals surface area contributed by atoms with Crippen molar-refractivity contribution in [3.63, 3.8) is 0 Å². The monoisotopic (exact) mass is 226 g/mol. The van der Waals surface area contributed by atoms with Crippen LogP contribution in [0.4, 0.5) is 0 Å². The summed E-state index contributed by atoms with van der Waals surface area (Å²) in [4.78, 5) is 18.3. The molecule has 2 aromatic rings. The van der Waals surface area contributed by atoms with Gasteiger partial charge in [0.05, 0.1) is 0 Å². The predicted molar refractivity (Wildman–Crippen MR) is 51.1 cm³/mol. The Morgan fingerprint density at radius 1 is 1.60 bits per heavy atom. The van der Waals surface area contributed by atoms with Crippen molar-refractivity contribution < 1.29 is 15.0 Å². The number of rotatable bonds is 2. The lowest BCUT2D eigenvalue weighted by molar-refractivity contribution is 0.0690. The number of nitrogens with zero attached hydrogens (tertiary/aromatic N) is 3. The highest BCUT2D eigenvalue weighted by Gasteiger charge is 2.09. The number of carbonyl (C=O) groups is 1. The molecule has 2 heterocycles. The minimum absolute atomic E-state index is 0.129. The SMILES string of the molecule is O=C(O)c1cc(=S)n2[nH]c(CO)nc2n1. The van der Waals surface area contributed by atoms with E-state index in [0.717, 1.165) is 0 Å². The molecule has 7 nitrogen and oxygen atoms in total. The zero-order valence-electron chi connectivity index (χ0n) is 7.34. The highest BCUT2D eigenvalue weighted by atomic mass is 32.1. The van der Waals surface area contributed by atoms with Crippen LogP contribution in [0.1, 0.15) is 16.3 Å². The molecule has 0 amide bonds. The number of H-pyrrole nitrogens is 1. The van der Waals surface area contributed by atoms with Crippen LogP contribution in [0.5, 0.6) is 0 Å². The quantitative estimate of drug-likeness (QED) is 0.621. The fourth-order valence-corrected chi connectivity index (χ4v) is 1.34. The molecule has 0 atom stereocenters. The number of hydrogen-bond donors (Lipinski definition) is 3. The Balaban J connectivity index is 2.76. The molecule has 15 heavy (non-hydrogen) atoms. The van der Waals surface area contributed by atoms with Crippen LogP contribution in [0.3, 0.4) is 0 Å². The minimum Gasteiger partial charge on any atom is -0.477 e. The van der Waals surface area contributed by atoms with Crippen LogP contribution in [0.2, 0.25) is 0 Å². The number of aromatic carboxylic acids is 1. The summed E-state index contributed by atoms with van der Waals surface area (Å²) in [6, 6.07) is 1.24. The lowest BCUT2D eigenvalue weighted by Gasteiger charge is -1.94. The van der Waals surface area contributed by atoms with Crippen molar-refractivity contribution in [2.24, 2.45) is 0 Å². The lowest BCUT2D eigenvalue weighted by Crippen LogP contribution is -2.03. The normalized spacial score (nSPS) is 10.7. The van der Waals surface area contributed by atoms with Gasteiger partial charge in [0.2, 0.25) is 0 Å². The van der Waals surface area contributed by atoms with E-state index >= 15 is 0 Å². The summed E-state index contributed by atoms with van der Waals surface area (Å²) in [5, 5.41) is 20.2. The summed E-state index contributed by atoms with van der Waals surface area (Å²) in [5.74, 6) is -0.766. The summed E-state index contributed by atoms with van der Waals surface area (Å²) >= 11 is 4.93. The number of hydrogen-bond acceptors (Lipinski definition) is 5. The number of carboxylic acids is 1. The molecule has 0 aromatic carbocycles. The van der Waals surface area contributed by atoms with Gasteiger partial charge in [-0.25, -0.2) is 14.3 Å². The van der Waals surface area contributed by atoms with Crippen LogP contribution in [0.25, 0.3) is 5.78 Å². The Kier molecular flexibility index (Phi) is 2.21. The fraction of sp³-hybridized carbons (Fsp3) is 0.143. The summed E-state index contributed by atoms with van der Waals surface area (Å²) in [7, 11) is 0. The van der Waals surface area contributed by atoms with Crippen LogP contribution < -0.4 is 0 Å². The number of aliphatic hydroxyl groups excluding tert-OH is 1. The van der Waals surface area contributed by atoms with Crippen molar-refractivity contribution in [2.75, 3.05) is 0 Å². The molecule has 0 aliphatic carbocycles. The van der Waals surface area contributed by atoms with Crippen molar-refractivity contribution in [2.45, 2.75) is 6.61 Å². The number of aliphatic hydroxyl groups is 1. The molecule has 0 saturated heterocycles. The summed E-state index contributed by atoms with van der Waals surface area (Å²) < 4.78 is 1.57. The first-order valence-corrected chi connectivity index (χ1v) is 4.35. The molecular weight excluding hydrogens is 220 g/mol. The summed E-state index contributed by atoms with van der Waals surface area (Å²) in [6.45, 7) is -0.291. The van der Waals surface area contributed by atoms with Crippen molar-refractivity contribution in [3.8, 4) is 0 Å². The molecule has 0 fully saturated rings. The number of fused-ring (bicyclic) bond motifs is 1. The van der Waals surface area contributed by atoms with E-state index in [-0.39, 0.29) is 28.5 Å². The van der Waals surface area contributed by atoms with Gasteiger partial charge in [-0.15, -0.1) is 0 Å². The molecular formula is C7H6N4O3S. The summed E-state index contributed by atoms with van der Waals surface area (Å²) in [6.07, 6.45) is 0. The third-order valence-electron chi connectivity index (χ3n) is 1.75. The largest absolute Gasteiger partial charge is 0.477 e. The van der Waals surface area contributed by atoms with Gasteiger partial charge in [-0.05, 0) is 0 Å². The van der Waals surface area contributed by atoms with E-state index in [9.17, 15) is 4.79 Å². The standard InChI is InChI=1S/C7H6N4O3S/c12-2-4-9-7-8-3(6(13)14)1-5(15)11(7)10-4/h1,12H,2H2,(H,13,14)(H,8,9,10). The Morgan fingerprint density at radius 3 is 2.93 bits per heavy atom.